The van der Waals surface area contributed by atoms with Gasteiger partial charge in [0.2, 0.25) is 0 Å². The van der Waals surface area contributed by atoms with E-state index in [-0.39, 0.29) is 11.6 Å². The maximum Gasteiger partial charge on any atom is 0.416 e. The van der Waals surface area contributed by atoms with Crippen LogP contribution in [0.15, 0.2) is 18.2 Å². The summed E-state index contributed by atoms with van der Waals surface area (Å²) in [4.78, 5) is 2.38. The molecule has 2 heterocycles. The molecule has 8 heteroatoms. The van der Waals surface area contributed by atoms with Crippen molar-refractivity contribution in [3.8, 4) is 17.0 Å². The number of aryl methyl sites for hydroxylation is 2. The molecule has 0 aliphatic carbocycles. The number of piperidine rings is 1. The van der Waals surface area contributed by atoms with Gasteiger partial charge in [0.1, 0.15) is 5.75 Å². The lowest BCUT2D eigenvalue weighted by molar-refractivity contribution is -0.137. The number of hydrogen-bond acceptors (Lipinski definition) is 5. The molecule has 1 atom stereocenters. The van der Waals surface area contributed by atoms with Crippen molar-refractivity contribution in [1.29, 1.82) is 0 Å². The predicted octanol–water partition coefficient (Wildman–Crippen LogP) is 4.38. The lowest BCUT2D eigenvalue weighted by Gasteiger charge is -2.32. The van der Waals surface area contributed by atoms with Crippen molar-refractivity contribution in [2.45, 2.75) is 45.8 Å². The zero-order valence-corrected chi connectivity index (χ0v) is 16.3. The number of likely N-dealkylation sites (N-methyl/N-ethyl adjacent to an activating group) is 1. The minimum atomic E-state index is -4.51. The van der Waals surface area contributed by atoms with E-state index in [0.717, 1.165) is 50.2 Å². The van der Waals surface area contributed by atoms with Crippen molar-refractivity contribution in [1.82, 2.24) is 15.1 Å². The number of phenols is 1. The third-order valence-electron chi connectivity index (χ3n) is 5.18. The lowest BCUT2D eigenvalue weighted by atomic mass is 9.99. The minimum Gasteiger partial charge on any atom is -0.507 e. The summed E-state index contributed by atoms with van der Waals surface area (Å²) < 4.78 is 38.8. The van der Waals surface area contributed by atoms with Crippen molar-refractivity contribution in [3.63, 3.8) is 0 Å². The number of benzene rings is 1. The molecule has 1 aromatic carbocycles. The Kier molecular flexibility index (Phi) is 5.79. The van der Waals surface area contributed by atoms with Crippen LogP contribution in [0.4, 0.5) is 19.0 Å². The highest BCUT2D eigenvalue weighted by Crippen LogP contribution is 2.38. The van der Waals surface area contributed by atoms with Crippen LogP contribution in [0.1, 0.15) is 36.5 Å². The highest BCUT2D eigenvalue weighted by atomic mass is 19.4. The van der Waals surface area contributed by atoms with Crippen LogP contribution < -0.4 is 5.32 Å². The van der Waals surface area contributed by atoms with E-state index in [4.69, 9.17) is 0 Å². The maximum absolute atomic E-state index is 12.9. The molecule has 0 saturated carbocycles. The lowest BCUT2D eigenvalue weighted by Crippen LogP contribution is -2.42. The SMILES string of the molecule is CCN1CCC[C@H](Nc2nnc(-c3c(C)cc(C(F)(F)F)cc3O)cc2C)C1. The van der Waals surface area contributed by atoms with E-state index in [9.17, 15) is 18.3 Å². The van der Waals surface area contributed by atoms with Crippen molar-refractivity contribution < 1.29 is 18.3 Å². The smallest absolute Gasteiger partial charge is 0.416 e. The van der Waals surface area contributed by atoms with Gasteiger partial charge in [0.15, 0.2) is 5.82 Å². The molecule has 1 aromatic heterocycles. The van der Waals surface area contributed by atoms with E-state index < -0.39 is 17.5 Å². The molecule has 1 fully saturated rings. The third kappa shape index (κ3) is 4.38. The highest BCUT2D eigenvalue weighted by Gasteiger charge is 2.32. The summed E-state index contributed by atoms with van der Waals surface area (Å²) >= 11 is 0. The molecule has 1 aliphatic rings. The van der Waals surface area contributed by atoms with Gasteiger partial charge in [-0.1, -0.05) is 6.92 Å². The summed E-state index contributed by atoms with van der Waals surface area (Å²) in [5.41, 5.74) is 0.868. The quantitative estimate of drug-likeness (QED) is 0.806. The zero-order chi connectivity index (χ0) is 20.5. The van der Waals surface area contributed by atoms with Gasteiger partial charge in [0, 0.05) is 18.2 Å². The number of nitrogens with one attached hydrogen (secondary N) is 1. The first kappa shape index (κ1) is 20.4. The number of halogens is 3. The summed E-state index contributed by atoms with van der Waals surface area (Å²) in [6.07, 6.45) is -2.34. The monoisotopic (exact) mass is 394 g/mol. The van der Waals surface area contributed by atoms with Crippen LogP contribution in [-0.2, 0) is 6.18 Å². The van der Waals surface area contributed by atoms with Crippen LogP contribution in [-0.4, -0.2) is 45.9 Å². The fourth-order valence-electron chi connectivity index (χ4n) is 3.67. The summed E-state index contributed by atoms with van der Waals surface area (Å²) in [6, 6.07) is 3.77. The maximum atomic E-state index is 12.9. The Hall–Kier alpha value is -2.35. The first-order valence-electron chi connectivity index (χ1n) is 9.43. The first-order valence-corrected chi connectivity index (χ1v) is 9.43. The summed E-state index contributed by atoms with van der Waals surface area (Å²) in [7, 11) is 0. The number of alkyl halides is 3. The van der Waals surface area contributed by atoms with Gasteiger partial charge in [0.25, 0.3) is 0 Å². The Morgan fingerprint density at radius 3 is 2.54 bits per heavy atom. The average Bonchev–Trinajstić information content (AvgIpc) is 2.62. The summed E-state index contributed by atoms with van der Waals surface area (Å²) in [5.74, 6) is 0.211. The normalized spacial score (nSPS) is 18.3. The van der Waals surface area contributed by atoms with Gasteiger partial charge in [-0.2, -0.15) is 13.2 Å². The Labute approximate surface area is 162 Å². The molecular formula is C20H25F3N4O. The zero-order valence-electron chi connectivity index (χ0n) is 16.3. The van der Waals surface area contributed by atoms with E-state index in [0.29, 0.717) is 17.1 Å². The number of rotatable bonds is 4. The van der Waals surface area contributed by atoms with Crippen molar-refractivity contribution >= 4 is 5.82 Å². The molecule has 0 spiro atoms. The van der Waals surface area contributed by atoms with E-state index in [1.54, 1.807) is 6.07 Å². The number of aromatic hydroxyl groups is 1. The molecule has 0 unspecified atom stereocenters. The van der Waals surface area contributed by atoms with Crippen LogP contribution in [0.25, 0.3) is 11.3 Å². The Balaban J connectivity index is 1.85. The van der Waals surface area contributed by atoms with Gasteiger partial charge in [0.05, 0.1) is 11.3 Å². The van der Waals surface area contributed by atoms with Crippen molar-refractivity contribution in [3.05, 3.63) is 34.9 Å². The van der Waals surface area contributed by atoms with Gasteiger partial charge in [-0.3, -0.25) is 0 Å². The van der Waals surface area contributed by atoms with E-state index >= 15 is 0 Å². The molecule has 2 aromatic rings. The summed E-state index contributed by atoms with van der Waals surface area (Å²) in [6.45, 7) is 8.59. The number of aromatic nitrogens is 2. The first-order chi connectivity index (χ1) is 13.2. The molecule has 1 saturated heterocycles. The number of phenolic OH excluding ortho intramolecular Hbond substituents is 1. The van der Waals surface area contributed by atoms with E-state index in [1.807, 2.05) is 6.92 Å². The van der Waals surface area contributed by atoms with Gasteiger partial charge in [-0.25, -0.2) is 0 Å². The fraction of sp³-hybridized carbons (Fsp3) is 0.500. The van der Waals surface area contributed by atoms with Crippen LogP contribution in [0.2, 0.25) is 0 Å². The molecular weight excluding hydrogens is 369 g/mol. The molecule has 3 rings (SSSR count). The number of anilines is 1. The fourth-order valence-corrected chi connectivity index (χ4v) is 3.67. The Morgan fingerprint density at radius 2 is 1.93 bits per heavy atom. The topological polar surface area (TPSA) is 61.3 Å². The second-order valence-electron chi connectivity index (χ2n) is 7.32. The van der Waals surface area contributed by atoms with E-state index in [2.05, 4.69) is 27.3 Å². The standard InChI is InChI=1S/C20H25F3N4O/c1-4-27-7-5-6-15(11-27)24-19-13(3)9-16(25-26-19)18-12(2)8-14(10-17(18)28)20(21,22)23/h8-10,15,28H,4-7,11H2,1-3H3,(H,24,26)/t15-/m0/s1. The second kappa shape index (κ2) is 7.95. The van der Waals surface area contributed by atoms with Gasteiger partial charge in [-0.15, -0.1) is 10.2 Å². The van der Waals surface area contributed by atoms with Crippen LogP contribution >= 0.6 is 0 Å². The molecule has 1 aliphatic heterocycles. The second-order valence-corrected chi connectivity index (χ2v) is 7.32. The Morgan fingerprint density at radius 1 is 1.18 bits per heavy atom. The number of likely N-dealkylation sites (tertiary alicyclic amines) is 1. The van der Waals surface area contributed by atoms with Crippen molar-refractivity contribution in [2.75, 3.05) is 25.0 Å². The highest BCUT2D eigenvalue weighted by molar-refractivity contribution is 5.72. The largest absolute Gasteiger partial charge is 0.507 e. The number of nitrogens with zero attached hydrogens (tertiary/aromatic N) is 3. The molecule has 152 valence electrons. The molecule has 0 bridgehead atoms. The molecule has 0 radical (unpaired) electrons. The number of hydrogen-bond donors (Lipinski definition) is 2. The van der Waals surface area contributed by atoms with Gasteiger partial charge in [-0.05, 0) is 69.1 Å². The molecule has 28 heavy (non-hydrogen) atoms. The Bertz CT molecular complexity index is 831. The van der Waals surface area contributed by atoms with Crippen LogP contribution in [0, 0.1) is 13.8 Å². The summed E-state index contributed by atoms with van der Waals surface area (Å²) in [5, 5.41) is 22.0. The predicted molar refractivity (Wildman–Crippen MR) is 102 cm³/mol. The average molecular weight is 394 g/mol. The molecule has 2 N–H and O–H groups in total. The minimum absolute atomic E-state index is 0.268. The molecule has 0 amide bonds. The van der Waals surface area contributed by atoms with Crippen LogP contribution in [0.5, 0.6) is 5.75 Å². The van der Waals surface area contributed by atoms with Crippen LogP contribution in [0.3, 0.4) is 0 Å². The third-order valence-corrected chi connectivity index (χ3v) is 5.18. The van der Waals surface area contributed by atoms with E-state index in [1.165, 1.54) is 6.92 Å². The molecule has 5 nitrogen and oxygen atoms in total. The van der Waals surface area contributed by atoms with Gasteiger partial charge < -0.3 is 15.3 Å². The van der Waals surface area contributed by atoms with Gasteiger partial charge >= 0.3 is 6.18 Å². The van der Waals surface area contributed by atoms with Crippen molar-refractivity contribution in [2.24, 2.45) is 0 Å².